The number of rotatable bonds is 6. The number of methoxy groups -OCH3 is 4. The summed E-state index contributed by atoms with van der Waals surface area (Å²) >= 11 is 0. The number of hydrogen-bond donors (Lipinski definition) is 2. The van der Waals surface area contributed by atoms with Crippen molar-refractivity contribution in [2.45, 2.75) is 156 Å². The smallest absolute Gasteiger partial charge is 0.163 e. The number of aldehydes is 2. The van der Waals surface area contributed by atoms with Crippen LogP contribution in [0.5, 0.6) is 34.5 Å². The highest BCUT2D eigenvalue weighted by Crippen LogP contribution is 2.69. The van der Waals surface area contributed by atoms with E-state index in [1.54, 1.807) is 28.4 Å². The highest BCUT2D eigenvalue weighted by Gasteiger charge is 2.61. The normalized spacial score (nSPS) is 18.8. The van der Waals surface area contributed by atoms with Gasteiger partial charge in [0.1, 0.15) is 11.5 Å². The minimum Gasteiger partial charge on any atom is -0.504 e. The lowest BCUT2D eigenvalue weighted by atomic mass is 9.70. The lowest BCUT2D eigenvalue weighted by molar-refractivity contribution is 0.111. The van der Waals surface area contributed by atoms with Crippen molar-refractivity contribution in [2.75, 3.05) is 28.4 Å². The van der Waals surface area contributed by atoms with E-state index in [1.165, 1.54) is 11.1 Å². The van der Waals surface area contributed by atoms with Crippen LogP contribution in [0.25, 0.3) is 0 Å². The highest BCUT2D eigenvalue weighted by atomic mass is 16.5. The van der Waals surface area contributed by atoms with Gasteiger partial charge in [-0.2, -0.15) is 0 Å². The van der Waals surface area contributed by atoms with Crippen molar-refractivity contribution in [1.29, 1.82) is 0 Å². The first-order valence-electron chi connectivity index (χ1n) is 21.1. The van der Waals surface area contributed by atoms with E-state index >= 15 is 0 Å². The summed E-state index contributed by atoms with van der Waals surface area (Å²) in [4.78, 5) is 25.0. The van der Waals surface area contributed by atoms with Gasteiger partial charge < -0.3 is 29.2 Å². The van der Waals surface area contributed by atoms with E-state index in [-0.39, 0.29) is 48.0 Å². The molecule has 0 atom stereocenters. The van der Waals surface area contributed by atoms with Crippen molar-refractivity contribution in [3.05, 3.63) is 102 Å². The third kappa shape index (κ3) is 6.35. The molecule has 4 aliphatic carbocycles. The molecule has 8 rings (SSSR count). The van der Waals surface area contributed by atoms with Crippen LogP contribution in [0.3, 0.4) is 0 Å². The summed E-state index contributed by atoms with van der Waals surface area (Å²) < 4.78 is 22.5. The molecule has 0 saturated carbocycles. The van der Waals surface area contributed by atoms with Crippen LogP contribution < -0.4 is 18.9 Å². The summed E-state index contributed by atoms with van der Waals surface area (Å²) in [5.74, 6) is 2.70. The Balaban J connectivity index is 0.000000227. The van der Waals surface area contributed by atoms with Gasteiger partial charge in [-0.15, -0.1) is 0 Å². The first-order valence-corrected chi connectivity index (χ1v) is 21.1. The van der Waals surface area contributed by atoms with Gasteiger partial charge in [-0.05, 0) is 131 Å². The van der Waals surface area contributed by atoms with Gasteiger partial charge in [-0.3, -0.25) is 9.59 Å². The topological polar surface area (TPSA) is 112 Å². The fourth-order valence-electron chi connectivity index (χ4n) is 13.1. The predicted molar refractivity (Wildman–Crippen MR) is 251 cm³/mol. The number of aromatic hydroxyl groups is 2. The molecule has 2 spiro atoms. The maximum Gasteiger partial charge on any atom is 0.163 e. The lowest BCUT2D eigenvalue weighted by Gasteiger charge is -2.32. The third-order valence-corrected chi connectivity index (χ3v) is 14.7. The third-order valence-electron chi connectivity index (χ3n) is 14.7. The minimum absolute atomic E-state index is 0. The lowest BCUT2D eigenvalue weighted by Crippen LogP contribution is -2.29. The Morgan fingerprint density at radius 1 is 0.435 bits per heavy atom. The molecule has 0 fully saturated rings. The molecule has 4 aromatic carbocycles. The predicted octanol–water partition coefficient (Wildman–Crippen LogP) is 12.2. The van der Waals surface area contributed by atoms with Gasteiger partial charge in [0, 0.05) is 22.0 Å². The van der Waals surface area contributed by atoms with Crippen molar-refractivity contribution in [1.82, 2.24) is 0 Å². The number of phenols is 2. The summed E-state index contributed by atoms with van der Waals surface area (Å²) in [6.07, 6.45) is 5.14. The molecule has 4 aliphatic rings. The zero-order valence-electron chi connectivity index (χ0n) is 38.6. The number of aryl methyl sites for hydroxylation is 4. The second-order valence-electron chi connectivity index (χ2n) is 20.8. The van der Waals surface area contributed by atoms with Crippen LogP contribution in [0, 0.1) is 27.7 Å². The molecule has 0 amide bonds. The summed E-state index contributed by atoms with van der Waals surface area (Å²) in [7, 11) is 6.42. The molecular formula is C54H72O8. The molecule has 0 aromatic heterocycles. The maximum absolute atomic E-state index is 12.5. The number of carbonyl (C=O) groups excluding carboxylic acids is 2. The van der Waals surface area contributed by atoms with E-state index in [1.807, 2.05) is 27.7 Å². The molecule has 0 heterocycles. The number of fused-ring (bicyclic) bond motifs is 8. The van der Waals surface area contributed by atoms with Gasteiger partial charge in [0.2, 0.25) is 0 Å². The van der Waals surface area contributed by atoms with Crippen molar-refractivity contribution in [3.63, 3.8) is 0 Å². The monoisotopic (exact) mass is 849 g/mol. The molecule has 0 aliphatic heterocycles. The van der Waals surface area contributed by atoms with E-state index < -0.39 is 10.8 Å². The second kappa shape index (κ2) is 15.4. The van der Waals surface area contributed by atoms with Gasteiger partial charge >= 0.3 is 0 Å². The molecule has 336 valence electrons. The van der Waals surface area contributed by atoms with E-state index in [4.69, 9.17) is 18.9 Å². The fraction of sp³-hybridized carbons (Fsp3) is 0.519. The van der Waals surface area contributed by atoms with Crippen LogP contribution in [0.2, 0.25) is 0 Å². The average molecular weight is 849 g/mol. The molecule has 0 unspecified atom stereocenters. The Morgan fingerprint density at radius 2 is 0.661 bits per heavy atom. The molecule has 62 heavy (non-hydrogen) atoms. The van der Waals surface area contributed by atoms with E-state index in [9.17, 15) is 19.8 Å². The summed E-state index contributed by atoms with van der Waals surface area (Å²) in [5, 5.41) is 22.8. The quantitative estimate of drug-likeness (QED) is 0.185. The molecule has 8 nitrogen and oxygen atoms in total. The van der Waals surface area contributed by atoms with E-state index in [2.05, 4.69) is 79.7 Å². The van der Waals surface area contributed by atoms with Crippen LogP contribution in [-0.4, -0.2) is 51.2 Å². The molecule has 4 aromatic rings. The summed E-state index contributed by atoms with van der Waals surface area (Å²) in [6.45, 7) is 25.7. The highest BCUT2D eigenvalue weighted by molar-refractivity contribution is 5.90. The second-order valence-corrected chi connectivity index (χ2v) is 20.8. The van der Waals surface area contributed by atoms with Gasteiger partial charge in [0.15, 0.2) is 35.6 Å². The standard InChI is InChI=1S/C27H32O4.C25H32O4.2CH4/c1-15-9-19-21(17(11-28)23(15)30-7)27(13-25(19,3)4)14-26(5,6)20-10-16(2)24(31-8)18(12-29)22(20)27;1-13-9-15-17(19(26)21(13)28-7)25(11-23(15,3)4)12-24(5,6)16-10-14(2)22(29-8)20(27)18(16)25;;/h9-12H,13-14H2,1-8H3;9-10,26-27H,11-12H2,1-8H3;2*1H4. The van der Waals surface area contributed by atoms with Crippen molar-refractivity contribution < 1.29 is 38.7 Å². The van der Waals surface area contributed by atoms with E-state index in [0.717, 1.165) is 93.9 Å². The molecular weight excluding hydrogens is 777 g/mol. The SMILES string of the molecule is C.C.COc1c(C)cc2c(c1C=O)C1(CC2(C)C)CC(C)(C)c2cc(C)c(OC)c(C=O)c21.COc1c(C)cc2c(c1O)C1(CC2(C)C)CC(C)(C)c2cc(C)c(OC)c(O)c21. The Hall–Kier alpha value is -4.98. The van der Waals surface area contributed by atoms with Crippen molar-refractivity contribution in [3.8, 4) is 34.5 Å². The number of phenolic OH excluding ortho intramolecular Hbond substituents is 2. The van der Waals surface area contributed by atoms with Gasteiger partial charge in [-0.25, -0.2) is 0 Å². The van der Waals surface area contributed by atoms with Crippen LogP contribution >= 0.6 is 0 Å². The average Bonchev–Trinajstić information content (AvgIpc) is 3.70. The Labute approximate surface area is 371 Å². The molecule has 0 saturated heterocycles. The van der Waals surface area contributed by atoms with Crippen molar-refractivity contribution in [2.24, 2.45) is 0 Å². The van der Waals surface area contributed by atoms with Crippen LogP contribution in [0.4, 0.5) is 0 Å². The Morgan fingerprint density at radius 3 is 0.903 bits per heavy atom. The number of hydrogen-bond acceptors (Lipinski definition) is 8. The van der Waals surface area contributed by atoms with Crippen LogP contribution in [-0.2, 0) is 32.5 Å². The van der Waals surface area contributed by atoms with Gasteiger partial charge in [0.05, 0.1) is 39.6 Å². The molecule has 2 N–H and O–H groups in total. The zero-order chi connectivity index (χ0) is 44.4. The first-order chi connectivity index (χ1) is 27.9. The molecule has 0 bridgehead atoms. The number of carbonyl (C=O) groups is 2. The van der Waals surface area contributed by atoms with E-state index in [0.29, 0.717) is 34.1 Å². The zero-order valence-corrected chi connectivity index (χ0v) is 38.6. The van der Waals surface area contributed by atoms with Gasteiger partial charge in [0.25, 0.3) is 0 Å². The minimum atomic E-state index is -0.492. The fourth-order valence-corrected chi connectivity index (χ4v) is 13.1. The molecule has 8 heteroatoms. The maximum atomic E-state index is 12.5. The first kappa shape index (κ1) is 48.1. The Kier molecular flexibility index (Phi) is 11.9. The number of ether oxygens (including phenoxy) is 4. The number of benzene rings is 4. The van der Waals surface area contributed by atoms with Crippen molar-refractivity contribution >= 4 is 12.6 Å². The summed E-state index contributed by atoms with van der Waals surface area (Å²) in [6, 6.07) is 8.64. The summed E-state index contributed by atoms with van der Waals surface area (Å²) in [5.41, 5.74) is 11.9. The molecule has 0 radical (unpaired) electrons. The Bertz CT molecular complexity index is 2320. The largest absolute Gasteiger partial charge is 0.504 e. The van der Waals surface area contributed by atoms with Crippen LogP contribution in [0.1, 0.15) is 183 Å². The van der Waals surface area contributed by atoms with Gasteiger partial charge in [-0.1, -0.05) is 94.5 Å². The van der Waals surface area contributed by atoms with Crippen LogP contribution in [0.15, 0.2) is 24.3 Å².